The van der Waals surface area contributed by atoms with Gasteiger partial charge in [-0.3, -0.25) is 9.88 Å². The number of hydrogen-bond acceptors (Lipinski definition) is 3. The minimum absolute atomic E-state index is 0.230. The summed E-state index contributed by atoms with van der Waals surface area (Å²) in [6, 6.07) is 4.01. The van der Waals surface area contributed by atoms with Crippen LogP contribution in [0.5, 0.6) is 5.75 Å². The summed E-state index contributed by atoms with van der Waals surface area (Å²) in [7, 11) is 0. The summed E-state index contributed by atoms with van der Waals surface area (Å²) in [5, 5.41) is 0. The topological polar surface area (TPSA) is 25.4 Å². The van der Waals surface area contributed by atoms with Gasteiger partial charge in [-0.05, 0) is 59.2 Å². The van der Waals surface area contributed by atoms with E-state index in [1.54, 1.807) is 0 Å². The van der Waals surface area contributed by atoms with Crippen LogP contribution in [0.2, 0.25) is 0 Å². The van der Waals surface area contributed by atoms with Crippen LogP contribution in [-0.2, 0) is 0 Å². The highest BCUT2D eigenvalue weighted by molar-refractivity contribution is 5.19. The van der Waals surface area contributed by atoms with Crippen molar-refractivity contribution in [3.05, 3.63) is 24.0 Å². The maximum absolute atomic E-state index is 6.03. The summed E-state index contributed by atoms with van der Waals surface area (Å²) in [6.07, 6.45) is 4.47. The van der Waals surface area contributed by atoms with Gasteiger partial charge in [-0.15, -0.1) is 0 Å². The maximum Gasteiger partial charge on any atom is 0.138 e. The fourth-order valence-electron chi connectivity index (χ4n) is 2.36. The molecule has 3 heteroatoms. The van der Waals surface area contributed by atoms with Crippen LogP contribution in [0.1, 0.15) is 39.3 Å². The van der Waals surface area contributed by atoms with E-state index in [1.165, 1.54) is 13.0 Å². The largest absolute Gasteiger partial charge is 0.487 e. The number of aromatic nitrogens is 1. The molecular weight excluding hydrogens is 224 g/mol. The Morgan fingerprint density at radius 2 is 2.11 bits per heavy atom. The van der Waals surface area contributed by atoms with Crippen molar-refractivity contribution in [1.82, 2.24) is 9.88 Å². The number of pyridine rings is 1. The lowest BCUT2D eigenvalue weighted by atomic mass is 9.99. The minimum Gasteiger partial charge on any atom is -0.487 e. The third-order valence-corrected chi connectivity index (χ3v) is 3.51. The SMILES string of the molecule is Cc1ccc(OC2CCCN(C(C)(C)C)C2)cn1. The Balaban J connectivity index is 1.95. The first kappa shape index (κ1) is 13.3. The summed E-state index contributed by atoms with van der Waals surface area (Å²) in [4.78, 5) is 6.78. The Kier molecular flexibility index (Phi) is 3.91. The number of rotatable bonds is 2. The molecule has 0 amide bonds. The molecule has 18 heavy (non-hydrogen) atoms. The van der Waals surface area contributed by atoms with Crippen LogP contribution in [0, 0.1) is 6.92 Å². The molecule has 3 nitrogen and oxygen atoms in total. The second-order valence-corrected chi connectivity index (χ2v) is 6.13. The van der Waals surface area contributed by atoms with Crippen molar-refractivity contribution in [3.63, 3.8) is 0 Å². The van der Waals surface area contributed by atoms with Crippen LogP contribution in [-0.4, -0.2) is 34.6 Å². The monoisotopic (exact) mass is 248 g/mol. The molecule has 1 unspecified atom stereocenters. The zero-order valence-electron chi connectivity index (χ0n) is 11.9. The molecule has 0 radical (unpaired) electrons. The van der Waals surface area contributed by atoms with Gasteiger partial charge >= 0.3 is 0 Å². The van der Waals surface area contributed by atoms with Crippen LogP contribution in [0.3, 0.4) is 0 Å². The van der Waals surface area contributed by atoms with Gasteiger partial charge in [0.1, 0.15) is 11.9 Å². The van der Waals surface area contributed by atoms with Crippen molar-refractivity contribution < 1.29 is 4.74 Å². The molecule has 2 heterocycles. The van der Waals surface area contributed by atoms with Crippen molar-refractivity contribution in [2.45, 2.75) is 52.2 Å². The molecule has 1 aromatic rings. The number of ether oxygens (including phenoxy) is 1. The van der Waals surface area contributed by atoms with Crippen molar-refractivity contribution >= 4 is 0 Å². The molecule has 2 rings (SSSR count). The van der Waals surface area contributed by atoms with Crippen molar-refractivity contribution in [2.24, 2.45) is 0 Å². The highest BCUT2D eigenvalue weighted by atomic mass is 16.5. The third kappa shape index (κ3) is 3.45. The number of aryl methyl sites for hydroxylation is 1. The first-order valence-corrected chi connectivity index (χ1v) is 6.79. The van der Waals surface area contributed by atoms with Gasteiger partial charge in [0.15, 0.2) is 0 Å². The predicted molar refractivity (Wildman–Crippen MR) is 74.0 cm³/mol. The van der Waals surface area contributed by atoms with Crippen LogP contribution >= 0.6 is 0 Å². The molecular formula is C15H24N2O. The van der Waals surface area contributed by atoms with E-state index in [4.69, 9.17) is 4.74 Å². The summed E-state index contributed by atoms with van der Waals surface area (Å²) >= 11 is 0. The zero-order chi connectivity index (χ0) is 13.2. The molecule has 1 atom stereocenters. The van der Waals surface area contributed by atoms with Gasteiger partial charge in [0.25, 0.3) is 0 Å². The maximum atomic E-state index is 6.03. The van der Waals surface area contributed by atoms with Gasteiger partial charge in [-0.2, -0.15) is 0 Å². The highest BCUT2D eigenvalue weighted by Gasteiger charge is 2.28. The van der Waals surface area contributed by atoms with E-state index in [9.17, 15) is 0 Å². The molecule has 0 N–H and O–H groups in total. The molecule has 0 bridgehead atoms. The first-order valence-electron chi connectivity index (χ1n) is 6.79. The second kappa shape index (κ2) is 5.27. The summed E-state index contributed by atoms with van der Waals surface area (Å²) < 4.78 is 6.03. The number of likely N-dealkylation sites (tertiary alicyclic amines) is 1. The molecule has 1 saturated heterocycles. The van der Waals surface area contributed by atoms with Crippen LogP contribution in [0.4, 0.5) is 0 Å². The van der Waals surface area contributed by atoms with E-state index in [1.807, 2.05) is 25.3 Å². The van der Waals surface area contributed by atoms with E-state index < -0.39 is 0 Å². The molecule has 0 spiro atoms. The van der Waals surface area contributed by atoms with E-state index in [-0.39, 0.29) is 5.54 Å². The smallest absolute Gasteiger partial charge is 0.138 e. The molecule has 1 fully saturated rings. The van der Waals surface area contributed by atoms with Gasteiger partial charge in [0.2, 0.25) is 0 Å². The average molecular weight is 248 g/mol. The van der Waals surface area contributed by atoms with Gasteiger partial charge in [-0.25, -0.2) is 0 Å². The lowest BCUT2D eigenvalue weighted by molar-refractivity contribution is 0.0345. The fraction of sp³-hybridized carbons (Fsp3) is 0.667. The molecule has 0 saturated carbocycles. The Hall–Kier alpha value is -1.09. The van der Waals surface area contributed by atoms with E-state index >= 15 is 0 Å². The Morgan fingerprint density at radius 1 is 1.33 bits per heavy atom. The first-order chi connectivity index (χ1) is 8.45. The molecule has 1 aliphatic heterocycles. The summed E-state index contributed by atoms with van der Waals surface area (Å²) in [5.41, 5.74) is 1.26. The highest BCUT2D eigenvalue weighted by Crippen LogP contribution is 2.23. The zero-order valence-corrected chi connectivity index (χ0v) is 11.9. The van der Waals surface area contributed by atoms with E-state index in [2.05, 4.69) is 30.7 Å². The molecule has 0 aliphatic carbocycles. The Morgan fingerprint density at radius 3 is 2.72 bits per heavy atom. The second-order valence-electron chi connectivity index (χ2n) is 6.13. The predicted octanol–water partition coefficient (Wildman–Crippen LogP) is 3.03. The van der Waals surface area contributed by atoms with Gasteiger partial charge < -0.3 is 4.74 Å². The standard InChI is InChI=1S/C15H24N2O/c1-12-7-8-13(10-16-12)18-14-6-5-9-17(11-14)15(2,3)4/h7-8,10,14H,5-6,9,11H2,1-4H3. The normalized spacial score (nSPS) is 21.9. The lowest BCUT2D eigenvalue weighted by Gasteiger charge is -2.41. The van der Waals surface area contributed by atoms with Gasteiger partial charge in [-0.1, -0.05) is 0 Å². The number of piperidine rings is 1. The molecule has 1 aliphatic rings. The van der Waals surface area contributed by atoms with E-state index in [0.717, 1.165) is 24.4 Å². The fourth-order valence-corrected chi connectivity index (χ4v) is 2.36. The number of hydrogen-bond donors (Lipinski definition) is 0. The van der Waals surface area contributed by atoms with E-state index in [0.29, 0.717) is 6.10 Å². The minimum atomic E-state index is 0.230. The van der Waals surface area contributed by atoms with Crippen LogP contribution in [0.15, 0.2) is 18.3 Å². The molecule has 0 aromatic carbocycles. The van der Waals surface area contributed by atoms with Crippen LogP contribution in [0.25, 0.3) is 0 Å². The van der Waals surface area contributed by atoms with Crippen molar-refractivity contribution in [1.29, 1.82) is 0 Å². The third-order valence-electron chi connectivity index (χ3n) is 3.51. The molecule has 1 aromatic heterocycles. The number of nitrogens with zero attached hydrogens (tertiary/aromatic N) is 2. The molecule has 100 valence electrons. The lowest BCUT2D eigenvalue weighted by Crippen LogP contribution is -2.50. The van der Waals surface area contributed by atoms with Gasteiger partial charge in [0, 0.05) is 17.8 Å². The average Bonchev–Trinajstić information content (AvgIpc) is 2.31. The summed E-state index contributed by atoms with van der Waals surface area (Å²) in [5.74, 6) is 0.890. The Bertz CT molecular complexity index is 380. The van der Waals surface area contributed by atoms with Crippen LogP contribution < -0.4 is 4.74 Å². The van der Waals surface area contributed by atoms with Crippen molar-refractivity contribution in [2.75, 3.05) is 13.1 Å². The Labute approximate surface area is 110 Å². The summed E-state index contributed by atoms with van der Waals surface area (Å²) in [6.45, 7) is 11.0. The van der Waals surface area contributed by atoms with Crippen molar-refractivity contribution in [3.8, 4) is 5.75 Å². The quantitative estimate of drug-likeness (QED) is 0.804. The van der Waals surface area contributed by atoms with Gasteiger partial charge in [0.05, 0.1) is 6.20 Å².